The van der Waals surface area contributed by atoms with Crippen LogP contribution in [0.4, 0.5) is 0 Å². The van der Waals surface area contributed by atoms with E-state index in [9.17, 15) is 9.59 Å². The van der Waals surface area contributed by atoms with Crippen molar-refractivity contribution in [3.63, 3.8) is 0 Å². The van der Waals surface area contributed by atoms with E-state index < -0.39 is 11.9 Å². The Bertz CT molecular complexity index is 572. The molecule has 16 heavy (non-hydrogen) atoms. The second-order valence-electron chi connectivity index (χ2n) is 3.47. The predicted molar refractivity (Wildman–Crippen MR) is 58.2 cm³/mol. The standard InChI is InChI=1S/C11H10N2O3/c12-9(14)5-8-10(11(15)16)6-3-1-2-4-7(6)13-8/h1-4,13H,5H2,(H2,12,14)(H,15,16). The summed E-state index contributed by atoms with van der Waals surface area (Å²) >= 11 is 0. The summed E-state index contributed by atoms with van der Waals surface area (Å²) in [6.07, 6.45) is -0.101. The third-order valence-corrected chi connectivity index (χ3v) is 2.35. The van der Waals surface area contributed by atoms with E-state index >= 15 is 0 Å². The molecule has 0 unspecified atom stereocenters. The Balaban J connectivity index is 2.68. The minimum absolute atomic E-state index is 0.101. The van der Waals surface area contributed by atoms with Crippen molar-refractivity contribution in [1.82, 2.24) is 4.98 Å². The number of benzene rings is 1. The van der Waals surface area contributed by atoms with Crippen molar-refractivity contribution in [3.05, 3.63) is 35.5 Å². The lowest BCUT2D eigenvalue weighted by Gasteiger charge is -1.96. The highest BCUT2D eigenvalue weighted by atomic mass is 16.4. The number of aromatic amines is 1. The van der Waals surface area contributed by atoms with Gasteiger partial charge in [-0.05, 0) is 6.07 Å². The molecule has 5 nitrogen and oxygen atoms in total. The number of rotatable bonds is 3. The summed E-state index contributed by atoms with van der Waals surface area (Å²) in [6.45, 7) is 0. The average molecular weight is 218 g/mol. The number of aromatic carboxylic acids is 1. The van der Waals surface area contributed by atoms with Gasteiger partial charge in [-0.15, -0.1) is 0 Å². The number of H-pyrrole nitrogens is 1. The minimum atomic E-state index is -1.06. The van der Waals surface area contributed by atoms with Crippen molar-refractivity contribution in [2.45, 2.75) is 6.42 Å². The number of para-hydroxylation sites is 1. The molecule has 1 aromatic heterocycles. The molecule has 1 aromatic carbocycles. The average Bonchev–Trinajstić information content (AvgIpc) is 2.53. The number of fused-ring (bicyclic) bond motifs is 1. The number of aromatic nitrogens is 1. The lowest BCUT2D eigenvalue weighted by molar-refractivity contribution is -0.117. The summed E-state index contributed by atoms with van der Waals surface area (Å²) < 4.78 is 0. The molecule has 5 heteroatoms. The minimum Gasteiger partial charge on any atom is -0.478 e. The van der Waals surface area contributed by atoms with Crippen LogP contribution in [0.1, 0.15) is 16.1 Å². The topological polar surface area (TPSA) is 96.2 Å². The van der Waals surface area contributed by atoms with Gasteiger partial charge in [-0.3, -0.25) is 4.79 Å². The quantitative estimate of drug-likeness (QED) is 0.713. The molecule has 2 rings (SSSR count). The Morgan fingerprint density at radius 3 is 2.62 bits per heavy atom. The molecule has 0 bridgehead atoms. The van der Waals surface area contributed by atoms with Crippen molar-refractivity contribution < 1.29 is 14.7 Å². The van der Waals surface area contributed by atoms with Gasteiger partial charge in [-0.25, -0.2) is 4.79 Å². The van der Waals surface area contributed by atoms with Crippen LogP contribution < -0.4 is 5.73 Å². The Labute approximate surface area is 90.9 Å². The van der Waals surface area contributed by atoms with Crippen LogP contribution >= 0.6 is 0 Å². The second-order valence-corrected chi connectivity index (χ2v) is 3.47. The van der Waals surface area contributed by atoms with Gasteiger partial charge >= 0.3 is 5.97 Å². The number of carbonyl (C=O) groups excluding carboxylic acids is 1. The molecule has 0 atom stereocenters. The first kappa shape index (κ1) is 10.2. The highest BCUT2D eigenvalue weighted by molar-refractivity contribution is 6.05. The maximum Gasteiger partial charge on any atom is 0.338 e. The number of nitrogens with two attached hydrogens (primary N) is 1. The van der Waals surface area contributed by atoms with E-state index in [1.807, 2.05) is 0 Å². The number of carboxylic acid groups (broad SMARTS) is 1. The van der Waals surface area contributed by atoms with Gasteiger partial charge in [0.25, 0.3) is 0 Å². The molecular formula is C11H10N2O3. The van der Waals surface area contributed by atoms with E-state index in [1.165, 1.54) is 0 Å². The smallest absolute Gasteiger partial charge is 0.338 e. The Kier molecular flexibility index (Phi) is 2.36. The first-order chi connectivity index (χ1) is 7.59. The van der Waals surface area contributed by atoms with Crippen LogP contribution in [0.15, 0.2) is 24.3 Å². The molecule has 1 amide bonds. The molecule has 0 saturated heterocycles. The monoisotopic (exact) mass is 218 g/mol. The molecule has 0 aliphatic carbocycles. The third kappa shape index (κ3) is 1.63. The lowest BCUT2D eigenvalue weighted by Crippen LogP contribution is -2.15. The number of carbonyl (C=O) groups is 2. The van der Waals surface area contributed by atoms with Crippen molar-refractivity contribution in [1.29, 1.82) is 0 Å². The van der Waals surface area contributed by atoms with Crippen LogP contribution in [0, 0.1) is 0 Å². The molecular weight excluding hydrogens is 208 g/mol. The molecule has 4 N–H and O–H groups in total. The molecule has 1 heterocycles. The highest BCUT2D eigenvalue weighted by Gasteiger charge is 2.18. The molecule has 0 aliphatic rings. The summed E-state index contributed by atoms with van der Waals surface area (Å²) in [7, 11) is 0. The first-order valence-corrected chi connectivity index (χ1v) is 4.70. The van der Waals surface area contributed by atoms with E-state index in [-0.39, 0.29) is 12.0 Å². The highest BCUT2D eigenvalue weighted by Crippen LogP contribution is 2.22. The van der Waals surface area contributed by atoms with E-state index in [2.05, 4.69) is 4.98 Å². The van der Waals surface area contributed by atoms with E-state index in [0.717, 1.165) is 0 Å². The molecule has 0 fully saturated rings. The number of hydrogen-bond donors (Lipinski definition) is 3. The third-order valence-electron chi connectivity index (χ3n) is 2.35. The molecule has 2 aromatic rings. The molecule has 0 saturated carbocycles. The fraction of sp³-hybridized carbons (Fsp3) is 0.0909. The summed E-state index contributed by atoms with van der Waals surface area (Å²) in [5.41, 5.74) is 6.22. The Morgan fingerprint density at radius 1 is 1.31 bits per heavy atom. The van der Waals surface area contributed by atoms with Gasteiger partial charge in [-0.2, -0.15) is 0 Å². The van der Waals surface area contributed by atoms with E-state index in [0.29, 0.717) is 16.6 Å². The van der Waals surface area contributed by atoms with E-state index in [1.54, 1.807) is 24.3 Å². The van der Waals surface area contributed by atoms with Crippen molar-refractivity contribution in [2.75, 3.05) is 0 Å². The Hall–Kier alpha value is -2.30. The van der Waals surface area contributed by atoms with Gasteiger partial charge in [0.15, 0.2) is 0 Å². The van der Waals surface area contributed by atoms with Crippen LogP contribution in [0.2, 0.25) is 0 Å². The number of hydrogen-bond acceptors (Lipinski definition) is 2. The largest absolute Gasteiger partial charge is 0.478 e. The van der Waals surface area contributed by atoms with Gasteiger partial charge in [0.2, 0.25) is 5.91 Å². The van der Waals surface area contributed by atoms with Crippen LogP contribution in [-0.4, -0.2) is 22.0 Å². The number of carboxylic acids is 1. The maximum absolute atomic E-state index is 11.1. The van der Waals surface area contributed by atoms with Gasteiger partial charge in [0.05, 0.1) is 12.0 Å². The predicted octanol–water partition coefficient (Wildman–Crippen LogP) is 0.894. The number of primary amides is 1. The van der Waals surface area contributed by atoms with Crippen LogP contribution in [0.5, 0.6) is 0 Å². The molecule has 0 aliphatic heterocycles. The number of nitrogens with one attached hydrogen (secondary N) is 1. The zero-order chi connectivity index (χ0) is 11.7. The molecule has 82 valence electrons. The van der Waals surface area contributed by atoms with Crippen molar-refractivity contribution in [2.24, 2.45) is 5.73 Å². The fourth-order valence-corrected chi connectivity index (χ4v) is 1.75. The first-order valence-electron chi connectivity index (χ1n) is 4.70. The fourth-order valence-electron chi connectivity index (χ4n) is 1.75. The zero-order valence-corrected chi connectivity index (χ0v) is 8.36. The summed E-state index contributed by atoms with van der Waals surface area (Å²) in [4.78, 5) is 24.8. The summed E-state index contributed by atoms with van der Waals surface area (Å²) in [5.74, 6) is -1.62. The van der Waals surface area contributed by atoms with Crippen molar-refractivity contribution in [3.8, 4) is 0 Å². The Morgan fingerprint density at radius 2 is 2.00 bits per heavy atom. The zero-order valence-electron chi connectivity index (χ0n) is 8.36. The van der Waals surface area contributed by atoms with Crippen molar-refractivity contribution >= 4 is 22.8 Å². The summed E-state index contributed by atoms with van der Waals surface area (Å²) in [5, 5.41) is 9.68. The van der Waals surface area contributed by atoms with Gasteiger partial charge in [0, 0.05) is 16.6 Å². The maximum atomic E-state index is 11.1. The van der Waals surface area contributed by atoms with E-state index in [4.69, 9.17) is 10.8 Å². The molecule has 0 spiro atoms. The number of amides is 1. The SMILES string of the molecule is NC(=O)Cc1[nH]c2ccccc2c1C(=O)O. The lowest BCUT2D eigenvalue weighted by atomic mass is 10.1. The van der Waals surface area contributed by atoms with Gasteiger partial charge in [0.1, 0.15) is 0 Å². The summed E-state index contributed by atoms with van der Waals surface area (Å²) in [6, 6.07) is 6.99. The van der Waals surface area contributed by atoms with Gasteiger partial charge in [-0.1, -0.05) is 18.2 Å². The molecule has 0 radical (unpaired) electrons. The van der Waals surface area contributed by atoms with Gasteiger partial charge < -0.3 is 15.8 Å². The second kappa shape index (κ2) is 3.69. The van der Waals surface area contributed by atoms with Crippen LogP contribution in [-0.2, 0) is 11.2 Å². The van der Waals surface area contributed by atoms with Crippen LogP contribution in [0.25, 0.3) is 10.9 Å². The normalized spacial score (nSPS) is 10.5. The van der Waals surface area contributed by atoms with Crippen LogP contribution in [0.3, 0.4) is 0 Å².